The topological polar surface area (TPSA) is 84.0 Å². The van der Waals surface area contributed by atoms with E-state index in [1.54, 1.807) is 36.7 Å². The van der Waals surface area contributed by atoms with Crippen molar-refractivity contribution in [3.05, 3.63) is 65.4 Å². The highest BCUT2D eigenvalue weighted by atomic mass is 32.1. The average molecular weight is 352 g/mol. The fourth-order valence-electron chi connectivity index (χ4n) is 2.23. The van der Waals surface area contributed by atoms with Crippen LogP contribution in [0, 0.1) is 0 Å². The fraction of sp³-hybridized carbons (Fsp3) is 0.111. The van der Waals surface area contributed by atoms with Gasteiger partial charge in [-0.2, -0.15) is 0 Å². The molecule has 2 heterocycles. The highest BCUT2D eigenvalue weighted by Crippen LogP contribution is 2.22. The Balaban J connectivity index is 1.63. The summed E-state index contributed by atoms with van der Waals surface area (Å²) in [4.78, 5) is 31.9. The van der Waals surface area contributed by atoms with Gasteiger partial charge in [-0.05, 0) is 30.3 Å². The SMILES string of the molecule is CC(=O)Nc1cccc(C(=O)NCc2csc(-c3ccncc3)n2)c1. The lowest BCUT2D eigenvalue weighted by Gasteiger charge is -2.06. The van der Waals surface area contributed by atoms with Gasteiger partial charge in [0.25, 0.3) is 5.91 Å². The number of hydrogen-bond acceptors (Lipinski definition) is 5. The van der Waals surface area contributed by atoms with E-state index in [1.165, 1.54) is 18.3 Å². The van der Waals surface area contributed by atoms with Crippen molar-refractivity contribution in [2.45, 2.75) is 13.5 Å². The standard InChI is InChI=1S/C18H16N4O2S/c1-12(23)21-15-4-2-3-14(9-15)17(24)20-10-16-11-25-18(22-16)13-5-7-19-8-6-13/h2-9,11H,10H2,1H3,(H,20,24)(H,21,23). The number of rotatable bonds is 5. The normalized spacial score (nSPS) is 10.3. The molecule has 0 unspecified atom stereocenters. The van der Waals surface area contributed by atoms with Crippen molar-refractivity contribution < 1.29 is 9.59 Å². The van der Waals surface area contributed by atoms with Crippen LogP contribution in [0.3, 0.4) is 0 Å². The molecule has 2 aromatic heterocycles. The van der Waals surface area contributed by atoms with Gasteiger partial charge in [-0.25, -0.2) is 4.98 Å². The number of aromatic nitrogens is 2. The lowest BCUT2D eigenvalue weighted by molar-refractivity contribution is -0.114. The molecule has 0 radical (unpaired) electrons. The Morgan fingerprint density at radius 2 is 1.96 bits per heavy atom. The van der Waals surface area contributed by atoms with Crippen molar-refractivity contribution in [1.82, 2.24) is 15.3 Å². The molecule has 0 aliphatic heterocycles. The minimum absolute atomic E-state index is 0.177. The van der Waals surface area contributed by atoms with E-state index < -0.39 is 0 Å². The van der Waals surface area contributed by atoms with E-state index in [9.17, 15) is 9.59 Å². The van der Waals surface area contributed by atoms with Crippen molar-refractivity contribution in [3.63, 3.8) is 0 Å². The third-order valence-corrected chi connectivity index (χ3v) is 4.29. The quantitative estimate of drug-likeness (QED) is 0.739. The molecule has 0 bridgehead atoms. The van der Waals surface area contributed by atoms with Gasteiger partial charge in [0, 0.05) is 41.5 Å². The molecule has 0 atom stereocenters. The summed E-state index contributed by atoms with van der Waals surface area (Å²) in [5, 5.41) is 8.31. The van der Waals surface area contributed by atoms with Crippen molar-refractivity contribution >= 4 is 28.8 Å². The first-order valence-electron chi connectivity index (χ1n) is 7.62. The van der Waals surface area contributed by atoms with Gasteiger partial charge in [0.15, 0.2) is 0 Å². The molecular weight excluding hydrogens is 336 g/mol. The average Bonchev–Trinajstić information content (AvgIpc) is 3.09. The molecule has 25 heavy (non-hydrogen) atoms. The first kappa shape index (κ1) is 16.8. The van der Waals surface area contributed by atoms with Crippen LogP contribution >= 0.6 is 11.3 Å². The highest BCUT2D eigenvalue weighted by Gasteiger charge is 2.09. The van der Waals surface area contributed by atoms with Crippen LogP contribution < -0.4 is 10.6 Å². The lowest BCUT2D eigenvalue weighted by atomic mass is 10.2. The van der Waals surface area contributed by atoms with Gasteiger partial charge >= 0.3 is 0 Å². The van der Waals surface area contributed by atoms with E-state index in [0.717, 1.165) is 16.3 Å². The second-order valence-corrected chi connectivity index (χ2v) is 6.18. The molecule has 7 heteroatoms. The van der Waals surface area contributed by atoms with E-state index in [1.807, 2.05) is 17.5 Å². The number of nitrogens with one attached hydrogen (secondary N) is 2. The molecule has 3 rings (SSSR count). The van der Waals surface area contributed by atoms with Gasteiger partial charge < -0.3 is 10.6 Å². The summed E-state index contributed by atoms with van der Waals surface area (Å²) >= 11 is 1.52. The molecule has 0 aliphatic rings. The molecule has 3 aromatic rings. The molecule has 126 valence electrons. The third kappa shape index (κ3) is 4.48. The van der Waals surface area contributed by atoms with Gasteiger partial charge in [-0.3, -0.25) is 14.6 Å². The van der Waals surface area contributed by atoms with Crippen molar-refractivity contribution in [1.29, 1.82) is 0 Å². The van der Waals surface area contributed by atoms with Crippen molar-refractivity contribution in [3.8, 4) is 10.6 Å². The van der Waals surface area contributed by atoms with E-state index >= 15 is 0 Å². The first-order chi connectivity index (χ1) is 12.1. The van der Waals surface area contributed by atoms with E-state index in [0.29, 0.717) is 17.8 Å². The number of benzene rings is 1. The minimum atomic E-state index is -0.217. The third-order valence-electron chi connectivity index (χ3n) is 3.35. The molecule has 2 N–H and O–H groups in total. The molecule has 6 nitrogen and oxygen atoms in total. The Bertz CT molecular complexity index is 893. The van der Waals surface area contributed by atoms with Crippen molar-refractivity contribution in [2.75, 3.05) is 5.32 Å². The Kier molecular flexibility index (Phi) is 5.15. The van der Waals surface area contributed by atoms with Crippen LogP contribution in [0.4, 0.5) is 5.69 Å². The first-order valence-corrected chi connectivity index (χ1v) is 8.50. The van der Waals surface area contributed by atoms with E-state index in [2.05, 4.69) is 20.6 Å². The summed E-state index contributed by atoms with van der Waals surface area (Å²) in [6.45, 7) is 1.76. The van der Waals surface area contributed by atoms with Gasteiger partial charge in [0.1, 0.15) is 5.01 Å². The summed E-state index contributed by atoms with van der Waals surface area (Å²) in [6.07, 6.45) is 3.44. The van der Waals surface area contributed by atoms with Crippen LogP contribution in [-0.2, 0) is 11.3 Å². The largest absolute Gasteiger partial charge is 0.346 e. The smallest absolute Gasteiger partial charge is 0.251 e. The van der Waals surface area contributed by atoms with Crippen molar-refractivity contribution in [2.24, 2.45) is 0 Å². The van der Waals surface area contributed by atoms with E-state index in [4.69, 9.17) is 0 Å². The van der Waals surface area contributed by atoms with Gasteiger partial charge in [-0.1, -0.05) is 6.07 Å². The van der Waals surface area contributed by atoms with Crippen LogP contribution in [-0.4, -0.2) is 21.8 Å². The molecule has 0 saturated heterocycles. The Morgan fingerprint density at radius 3 is 2.72 bits per heavy atom. The van der Waals surface area contributed by atoms with Gasteiger partial charge in [0.05, 0.1) is 12.2 Å². The molecule has 0 saturated carbocycles. The summed E-state index contributed by atoms with van der Waals surface area (Å²) < 4.78 is 0. The Hall–Kier alpha value is -3.06. The second-order valence-electron chi connectivity index (χ2n) is 5.32. The summed E-state index contributed by atoms with van der Waals surface area (Å²) in [6, 6.07) is 10.6. The number of pyridine rings is 1. The Morgan fingerprint density at radius 1 is 1.16 bits per heavy atom. The number of thiazole rings is 1. The number of amides is 2. The number of carbonyl (C=O) groups is 2. The number of carbonyl (C=O) groups excluding carboxylic acids is 2. The van der Waals surface area contributed by atoms with Crippen LogP contribution in [0.5, 0.6) is 0 Å². The second kappa shape index (κ2) is 7.67. The maximum atomic E-state index is 12.3. The van der Waals surface area contributed by atoms with E-state index in [-0.39, 0.29) is 11.8 Å². The zero-order chi connectivity index (χ0) is 17.6. The maximum Gasteiger partial charge on any atom is 0.251 e. The molecular formula is C18H16N4O2S. The van der Waals surface area contributed by atoms with Gasteiger partial charge in [-0.15, -0.1) is 11.3 Å². The summed E-state index contributed by atoms with van der Waals surface area (Å²) in [5.74, 6) is -0.394. The number of hydrogen-bond donors (Lipinski definition) is 2. The highest BCUT2D eigenvalue weighted by molar-refractivity contribution is 7.13. The summed E-state index contributed by atoms with van der Waals surface area (Å²) in [7, 11) is 0. The molecule has 0 spiro atoms. The molecule has 0 aliphatic carbocycles. The van der Waals surface area contributed by atoms with Crippen LogP contribution in [0.25, 0.3) is 10.6 Å². The fourth-order valence-corrected chi connectivity index (χ4v) is 3.06. The predicted octanol–water partition coefficient (Wildman–Crippen LogP) is 3.09. The van der Waals surface area contributed by atoms with Crippen LogP contribution in [0.1, 0.15) is 23.0 Å². The maximum absolute atomic E-state index is 12.3. The zero-order valence-corrected chi connectivity index (χ0v) is 14.3. The minimum Gasteiger partial charge on any atom is -0.346 e. The van der Waals surface area contributed by atoms with Crippen LogP contribution in [0.2, 0.25) is 0 Å². The summed E-state index contributed by atoms with van der Waals surface area (Å²) in [5.41, 5.74) is 2.87. The zero-order valence-electron chi connectivity index (χ0n) is 13.5. The molecule has 1 aromatic carbocycles. The monoisotopic (exact) mass is 352 g/mol. The van der Waals surface area contributed by atoms with Crippen LogP contribution in [0.15, 0.2) is 54.2 Å². The Labute approximate surface area is 149 Å². The number of nitrogens with zero attached hydrogens (tertiary/aromatic N) is 2. The number of anilines is 1. The molecule has 2 amide bonds. The van der Waals surface area contributed by atoms with Gasteiger partial charge in [0.2, 0.25) is 5.91 Å². The molecule has 0 fully saturated rings. The lowest BCUT2D eigenvalue weighted by Crippen LogP contribution is -2.23. The predicted molar refractivity (Wildman–Crippen MR) is 97.3 cm³/mol.